The molecule has 120 valence electrons. The van der Waals surface area contributed by atoms with E-state index in [1.54, 1.807) is 11.8 Å². The Morgan fingerprint density at radius 1 is 1.00 bits per heavy atom. The van der Waals surface area contributed by atoms with Crippen LogP contribution in [0.25, 0.3) is 22.2 Å². The van der Waals surface area contributed by atoms with Crippen molar-refractivity contribution in [2.24, 2.45) is 0 Å². The molecule has 0 N–H and O–H groups in total. The van der Waals surface area contributed by atoms with E-state index in [9.17, 15) is 0 Å². The molecule has 0 unspecified atom stereocenters. The number of benzene rings is 2. The van der Waals surface area contributed by atoms with Gasteiger partial charge in [-0.1, -0.05) is 62.0 Å². The highest BCUT2D eigenvalue weighted by molar-refractivity contribution is 7.99. The van der Waals surface area contributed by atoms with Crippen molar-refractivity contribution in [1.82, 2.24) is 15.1 Å². The van der Waals surface area contributed by atoms with Gasteiger partial charge in [-0.05, 0) is 29.9 Å². The van der Waals surface area contributed by atoms with Crippen LogP contribution < -0.4 is 0 Å². The number of hydrogen-bond donors (Lipinski definition) is 0. The van der Waals surface area contributed by atoms with Gasteiger partial charge in [0.1, 0.15) is 0 Å². The van der Waals surface area contributed by atoms with Gasteiger partial charge in [-0.25, -0.2) is 0 Å². The molecule has 3 rings (SSSR count). The number of thioether (sulfide) groups is 1. The minimum absolute atomic E-state index is 0.590. The van der Waals surface area contributed by atoms with Crippen LogP contribution in [0.1, 0.15) is 13.8 Å². The quantitative estimate of drug-likeness (QED) is 0.604. The molecule has 0 saturated heterocycles. The van der Waals surface area contributed by atoms with Gasteiger partial charge in [-0.15, -0.1) is 10.2 Å². The molecule has 0 aliphatic rings. The number of rotatable bonds is 7. The summed E-state index contributed by atoms with van der Waals surface area (Å²) in [7, 11) is 0. The molecule has 3 aromatic rings. The van der Waals surface area contributed by atoms with E-state index < -0.39 is 0 Å². The minimum atomic E-state index is 0.590. The summed E-state index contributed by atoms with van der Waals surface area (Å²) in [5.41, 5.74) is 0.992. The average Bonchev–Trinajstić information content (AvgIpc) is 3.07. The Labute approximate surface area is 140 Å². The van der Waals surface area contributed by atoms with E-state index in [4.69, 9.17) is 4.42 Å². The molecule has 0 aliphatic heterocycles. The third kappa shape index (κ3) is 3.74. The van der Waals surface area contributed by atoms with Crippen LogP contribution in [0.15, 0.2) is 52.1 Å². The van der Waals surface area contributed by atoms with Gasteiger partial charge in [-0.2, -0.15) is 0 Å². The van der Waals surface area contributed by atoms with E-state index in [1.165, 1.54) is 5.39 Å². The van der Waals surface area contributed by atoms with Crippen molar-refractivity contribution in [3.63, 3.8) is 0 Å². The van der Waals surface area contributed by atoms with Crippen molar-refractivity contribution < 1.29 is 4.42 Å². The lowest BCUT2D eigenvalue weighted by molar-refractivity contribution is 0.323. The van der Waals surface area contributed by atoms with E-state index in [0.29, 0.717) is 11.1 Å². The Hall–Kier alpha value is -1.85. The largest absolute Gasteiger partial charge is 0.411 e. The molecule has 0 radical (unpaired) electrons. The first-order chi connectivity index (χ1) is 11.3. The zero-order valence-corrected chi connectivity index (χ0v) is 14.3. The summed E-state index contributed by atoms with van der Waals surface area (Å²) in [5.74, 6) is 1.55. The minimum Gasteiger partial charge on any atom is -0.411 e. The molecule has 0 fully saturated rings. The van der Waals surface area contributed by atoms with Crippen molar-refractivity contribution in [1.29, 1.82) is 0 Å². The van der Waals surface area contributed by atoms with Crippen LogP contribution in [-0.4, -0.2) is 40.5 Å². The van der Waals surface area contributed by atoms with Gasteiger partial charge < -0.3 is 9.32 Å². The average molecular weight is 327 g/mol. The lowest BCUT2D eigenvalue weighted by atomic mass is 10.0. The summed E-state index contributed by atoms with van der Waals surface area (Å²) >= 11 is 1.62. The van der Waals surface area contributed by atoms with Crippen molar-refractivity contribution in [2.45, 2.75) is 19.1 Å². The molecule has 0 aliphatic carbocycles. The lowest BCUT2D eigenvalue weighted by Gasteiger charge is -2.16. The van der Waals surface area contributed by atoms with Crippen LogP contribution in [0.5, 0.6) is 0 Å². The molecule has 4 nitrogen and oxygen atoms in total. The summed E-state index contributed by atoms with van der Waals surface area (Å²) in [6.07, 6.45) is 0. The Morgan fingerprint density at radius 2 is 1.78 bits per heavy atom. The molecule has 0 amide bonds. The maximum Gasteiger partial charge on any atom is 0.276 e. The number of fused-ring (bicyclic) bond motifs is 1. The summed E-state index contributed by atoms with van der Waals surface area (Å²) in [5, 5.41) is 11.4. The summed E-state index contributed by atoms with van der Waals surface area (Å²) < 4.78 is 5.85. The van der Waals surface area contributed by atoms with Gasteiger partial charge in [0, 0.05) is 17.9 Å². The maximum absolute atomic E-state index is 5.85. The number of aromatic nitrogens is 2. The summed E-state index contributed by atoms with van der Waals surface area (Å²) in [4.78, 5) is 2.38. The van der Waals surface area contributed by atoms with E-state index in [1.807, 2.05) is 24.3 Å². The van der Waals surface area contributed by atoms with Crippen LogP contribution in [0.2, 0.25) is 0 Å². The number of hydrogen-bond acceptors (Lipinski definition) is 5. The highest BCUT2D eigenvalue weighted by Crippen LogP contribution is 2.29. The van der Waals surface area contributed by atoms with Crippen LogP contribution in [0.4, 0.5) is 0 Å². The third-order valence-corrected chi connectivity index (χ3v) is 4.75. The third-order valence-electron chi connectivity index (χ3n) is 3.95. The molecular formula is C18H21N3OS. The zero-order valence-electron chi connectivity index (χ0n) is 13.5. The van der Waals surface area contributed by atoms with E-state index in [-0.39, 0.29) is 0 Å². The monoisotopic (exact) mass is 327 g/mol. The summed E-state index contributed by atoms with van der Waals surface area (Å²) in [6.45, 7) is 7.53. The Kier molecular flexibility index (Phi) is 5.31. The second-order valence-corrected chi connectivity index (χ2v) is 6.32. The molecule has 5 heteroatoms. The molecule has 1 heterocycles. The van der Waals surface area contributed by atoms with Gasteiger partial charge in [-0.3, -0.25) is 0 Å². The molecule has 0 atom stereocenters. The van der Waals surface area contributed by atoms with Crippen LogP contribution >= 0.6 is 11.8 Å². The fourth-order valence-electron chi connectivity index (χ4n) is 2.59. The van der Waals surface area contributed by atoms with Crippen molar-refractivity contribution in [2.75, 3.05) is 25.4 Å². The fourth-order valence-corrected chi connectivity index (χ4v) is 3.35. The van der Waals surface area contributed by atoms with Crippen molar-refractivity contribution in [3.8, 4) is 11.5 Å². The molecular weight excluding hydrogens is 306 g/mol. The molecule has 2 aromatic carbocycles. The van der Waals surface area contributed by atoms with E-state index in [0.717, 1.165) is 36.3 Å². The fraction of sp³-hybridized carbons (Fsp3) is 0.333. The predicted octanol–water partition coefficient (Wildman–Crippen LogP) is 4.32. The first-order valence-electron chi connectivity index (χ1n) is 7.98. The molecule has 23 heavy (non-hydrogen) atoms. The molecule has 1 aromatic heterocycles. The predicted molar refractivity (Wildman–Crippen MR) is 95.8 cm³/mol. The maximum atomic E-state index is 5.85. The highest BCUT2D eigenvalue weighted by Gasteiger charge is 2.12. The van der Waals surface area contributed by atoms with Crippen LogP contribution in [-0.2, 0) is 0 Å². The first-order valence-corrected chi connectivity index (χ1v) is 8.97. The highest BCUT2D eigenvalue weighted by atomic mass is 32.2. The topological polar surface area (TPSA) is 42.2 Å². The number of nitrogens with zero attached hydrogens (tertiary/aromatic N) is 3. The second-order valence-electron chi connectivity index (χ2n) is 5.28. The molecule has 0 spiro atoms. The van der Waals surface area contributed by atoms with E-state index in [2.05, 4.69) is 47.1 Å². The first kappa shape index (κ1) is 16.0. The van der Waals surface area contributed by atoms with Crippen molar-refractivity contribution in [3.05, 3.63) is 42.5 Å². The second kappa shape index (κ2) is 7.62. The van der Waals surface area contributed by atoms with Gasteiger partial charge in [0.15, 0.2) is 0 Å². The van der Waals surface area contributed by atoms with Crippen molar-refractivity contribution >= 4 is 22.5 Å². The Balaban J connectivity index is 1.74. The van der Waals surface area contributed by atoms with E-state index >= 15 is 0 Å². The Bertz CT molecular complexity index is 762. The lowest BCUT2D eigenvalue weighted by Crippen LogP contribution is -2.25. The molecule has 0 bridgehead atoms. The van der Waals surface area contributed by atoms with Gasteiger partial charge in [0.05, 0.1) is 0 Å². The zero-order chi connectivity index (χ0) is 16.1. The van der Waals surface area contributed by atoms with Gasteiger partial charge >= 0.3 is 0 Å². The van der Waals surface area contributed by atoms with Gasteiger partial charge in [0.2, 0.25) is 5.89 Å². The van der Waals surface area contributed by atoms with Gasteiger partial charge in [0.25, 0.3) is 5.22 Å². The Morgan fingerprint density at radius 3 is 2.61 bits per heavy atom. The van der Waals surface area contributed by atoms with Crippen LogP contribution in [0, 0.1) is 0 Å². The standard InChI is InChI=1S/C18H21N3OS/c1-3-21(4-2)12-13-23-18-20-19-17(22-18)16-11-7-9-14-8-5-6-10-15(14)16/h5-11H,3-4,12-13H2,1-2H3. The smallest absolute Gasteiger partial charge is 0.276 e. The normalized spacial score (nSPS) is 11.4. The summed E-state index contributed by atoms with van der Waals surface area (Å²) in [6, 6.07) is 14.4. The molecule has 0 saturated carbocycles. The SMILES string of the molecule is CCN(CC)CCSc1nnc(-c2cccc3ccccc23)o1. The van der Waals surface area contributed by atoms with Crippen LogP contribution in [0.3, 0.4) is 0 Å².